The summed E-state index contributed by atoms with van der Waals surface area (Å²) in [5, 5.41) is 3.11. The van der Waals surface area contributed by atoms with Crippen LogP contribution in [0.4, 0.5) is 0 Å². The van der Waals surface area contributed by atoms with E-state index in [-0.39, 0.29) is 17.9 Å². The van der Waals surface area contributed by atoms with Crippen LogP contribution in [-0.2, 0) is 4.79 Å². The first-order valence-corrected chi connectivity index (χ1v) is 9.46. The van der Waals surface area contributed by atoms with Crippen molar-refractivity contribution in [1.82, 2.24) is 10.2 Å². The minimum Gasteiger partial charge on any atom is -0.349 e. The van der Waals surface area contributed by atoms with Gasteiger partial charge < -0.3 is 16.0 Å². The standard InChI is InChI=1S/C20H31N3O2/c1-16-8-5-6-9-18(16)20(25)22-17-11-14-23(15-12-17)19(24)10-4-2-3-7-13-21/h5-6,8-9,17H,2-4,7,10-15,21H2,1H3,(H,22,25). The van der Waals surface area contributed by atoms with Gasteiger partial charge in [-0.05, 0) is 50.8 Å². The number of benzene rings is 1. The molecule has 25 heavy (non-hydrogen) atoms. The van der Waals surface area contributed by atoms with Gasteiger partial charge in [-0.25, -0.2) is 0 Å². The van der Waals surface area contributed by atoms with E-state index in [1.165, 1.54) is 0 Å². The number of piperidine rings is 1. The van der Waals surface area contributed by atoms with Crippen LogP contribution in [-0.4, -0.2) is 42.4 Å². The molecule has 1 heterocycles. The Morgan fingerprint density at radius 3 is 2.48 bits per heavy atom. The topological polar surface area (TPSA) is 75.4 Å². The first kappa shape index (κ1) is 19.4. The van der Waals surface area contributed by atoms with Crippen molar-refractivity contribution in [3.05, 3.63) is 35.4 Å². The minimum atomic E-state index is -0.0113. The minimum absolute atomic E-state index is 0.0113. The summed E-state index contributed by atoms with van der Waals surface area (Å²) in [6.07, 6.45) is 6.46. The first-order chi connectivity index (χ1) is 12.1. The zero-order valence-electron chi connectivity index (χ0n) is 15.3. The van der Waals surface area contributed by atoms with Gasteiger partial charge in [0.25, 0.3) is 5.91 Å². The third-order valence-electron chi connectivity index (χ3n) is 4.92. The Bertz CT molecular complexity index is 566. The molecule has 2 rings (SSSR count). The Kier molecular flexibility index (Phi) is 7.92. The summed E-state index contributed by atoms with van der Waals surface area (Å²) in [5.74, 6) is 0.235. The lowest BCUT2D eigenvalue weighted by Gasteiger charge is -2.32. The third-order valence-corrected chi connectivity index (χ3v) is 4.92. The number of unbranched alkanes of at least 4 members (excludes halogenated alkanes) is 3. The van der Waals surface area contributed by atoms with Crippen molar-refractivity contribution in [2.45, 2.75) is 57.9 Å². The summed E-state index contributed by atoms with van der Waals surface area (Å²) in [7, 11) is 0. The predicted octanol–water partition coefficient (Wildman–Crippen LogP) is 2.63. The van der Waals surface area contributed by atoms with Crippen LogP contribution in [0.5, 0.6) is 0 Å². The van der Waals surface area contributed by atoms with Gasteiger partial charge in [-0.3, -0.25) is 9.59 Å². The number of likely N-dealkylation sites (tertiary alicyclic amines) is 1. The SMILES string of the molecule is Cc1ccccc1C(=O)NC1CCN(C(=O)CCCCCCN)CC1. The number of carbonyl (C=O) groups excluding carboxylic acids is 2. The molecule has 0 unspecified atom stereocenters. The number of nitrogens with two attached hydrogens (primary N) is 1. The van der Waals surface area contributed by atoms with Gasteiger partial charge in [0.1, 0.15) is 0 Å². The van der Waals surface area contributed by atoms with E-state index in [1.54, 1.807) is 0 Å². The molecule has 0 aromatic heterocycles. The predicted molar refractivity (Wildman–Crippen MR) is 100 cm³/mol. The molecule has 3 N–H and O–H groups in total. The fraction of sp³-hybridized carbons (Fsp3) is 0.600. The van der Waals surface area contributed by atoms with Crippen LogP contribution in [0.15, 0.2) is 24.3 Å². The maximum atomic E-state index is 12.4. The molecular weight excluding hydrogens is 314 g/mol. The van der Waals surface area contributed by atoms with E-state index in [2.05, 4.69) is 5.32 Å². The molecule has 0 spiro atoms. The quantitative estimate of drug-likeness (QED) is 0.711. The zero-order valence-corrected chi connectivity index (χ0v) is 15.3. The van der Waals surface area contributed by atoms with Crippen molar-refractivity contribution in [1.29, 1.82) is 0 Å². The number of carbonyl (C=O) groups is 2. The molecule has 0 atom stereocenters. The van der Waals surface area contributed by atoms with E-state index in [9.17, 15) is 9.59 Å². The number of nitrogens with one attached hydrogen (secondary N) is 1. The number of hydrogen-bond donors (Lipinski definition) is 2. The van der Waals surface area contributed by atoms with Gasteiger partial charge in [0, 0.05) is 31.1 Å². The van der Waals surface area contributed by atoms with E-state index in [0.29, 0.717) is 6.42 Å². The maximum absolute atomic E-state index is 12.4. The molecule has 5 nitrogen and oxygen atoms in total. The summed E-state index contributed by atoms with van der Waals surface area (Å²) in [6, 6.07) is 7.78. The second-order valence-corrected chi connectivity index (χ2v) is 6.90. The number of aryl methyl sites for hydroxylation is 1. The molecule has 0 saturated carbocycles. The van der Waals surface area contributed by atoms with Crippen LogP contribution in [0.25, 0.3) is 0 Å². The van der Waals surface area contributed by atoms with E-state index in [0.717, 1.165) is 69.3 Å². The Morgan fingerprint density at radius 2 is 1.80 bits per heavy atom. The van der Waals surface area contributed by atoms with Crippen molar-refractivity contribution in [3.8, 4) is 0 Å². The average Bonchev–Trinajstić information content (AvgIpc) is 2.62. The Balaban J connectivity index is 1.70. The van der Waals surface area contributed by atoms with E-state index < -0.39 is 0 Å². The van der Waals surface area contributed by atoms with Crippen molar-refractivity contribution >= 4 is 11.8 Å². The lowest BCUT2D eigenvalue weighted by atomic mass is 10.0. The second kappa shape index (κ2) is 10.2. The molecular formula is C20H31N3O2. The molecule has 138 valence electrons. The molecule has 0 bridgehead atoms. The van der Waals surface area contributed by atoms with Gasteiger partial charge in [-0.15, -0.1) is 0 Å². The Hall–Kier alpha value is -1.88. The maximum Gasteiger partial charge on any atom is 0.251 e. The molecule has 2 amide bonds. The highest BCUT2D eigenvalue weighted by Crippen LogP contribution is 2.15. The van der Waals surface area contributed by atoms with Crippen LogP contribution in [0.3, 0.4) is 0 Å². The largest absolute Gasteiger partial charge is 0.349 e. The van der Waals surface area contributed by atoms with Gasteiger partial charge in [0.15, 0.2) is 0 Å². The summed E-state index contributed by atoms with van der Waals surface area (Å²) < 4.78 is 0. The highest BCUT2D eigenvalue weighted by molar-refractivity contribution is 5.95. The van der Waals surface area contributed by atoms with Gasteiger partial charge in [-0.1, -0.05) is 31.0 Å². The molecule has 1 aliphatic rings. The number of amides is 2. The van der Waals surface area contributed by atoms with E-state index in [4.69, 9.17) is 5.73 Å². The fourth-order valence-electron chi connectivity index (χ4n) is 3.30. The molecule has 1 aromatic carbocycles. The highest BCUT2D eigenvalue weighted by Gasteiger charge is 2.24. The Morgan fingerprint density at radius 1 is 1.12 bits per heavy atom. The summed E-state index contributed by atoms with van der Waals surface area (Å²) in [4.78, 5) is 26.6. The van der Waals surface area contributed by atoms with Crippen molar-refractivity contribution in [2.24, 2.45) is 5.73 Å². The second-order valence-electron chi connectivity index (χ2n) is 6.90. The fourth-order valence-corrected chi connectivity index (χ4v) is 3.30. The van der Waals surface area contributed by atoms with E-state index >= 15 is 0 Å². The molecule has 1 fully saturated rings. The van der Waals surface area contributed by atoms with Gasteiger partial charge in [-0.2, -0.15) is 0 Å². The lowest BCUT2D eigenvalue weighted by molar-refractivity contribution is -0.132. The smallest absolute Gasteiger partial charge is 0.251 e. The number of hydrogen-bond acceptors (Lipinski definition) is 3. The van der Waals surface area contributed by atoms with Crippen molar-refractivity contribution in [2.75, 3.05) is 19.6 Å². The summed E-state index contributed by atoms with van der Waals surface area (Å²) in [6.45, 7) is 4.15. The van der Waals surface area contributed by atoms with Crippen LogP contribution in [0.1, 0.15) is 60.9 Å². The molecule has 0 aliphatic carbocycles. The first-order valence-electron chi connectivity index (χ1n) is 9.46. The van der Waals surface area contributed by atoms with E-state index in [1.807, 2.05) is 36.1 Å². The van der Waals surface area contributed by atoms with Gasteiger partial charge in [0.2, 0.25) is 5.91 Å². The summed E-state index contributed by atoms with van der Waals surface area (Å²) in [5.41, 5.74) is 7.20. The number of nitrogens with zero attached hydrogens (tertiary/aromatic N) is 1. The van der Waals surface area contributed by atoms with Crippen molar-refractivity contribution < 1.29 is 9.59 Å². The average molecular weight is 345 g/mol. The van der Waals surface area contributed by atoms with Crippen LogP contribution < -0.4 is 11.1 Å². The van der Waals surface area contributed by atoms with Crippen LogP contribution in [0.2, 0.25) is 0 Å². The van der Waals surface area contributed by atoms with Gasteiger partial charge in [0.05, 0.1) is 0 Å². The number of rotatable bonds is 8. The molecule has 1 aliphatic heterocycles. The monoisotopic (exact) mass is 345 g/mol. The summed E-state index contributed by atoms with van der Waals surface area (Å²) >= 11 is 0. The normalized spacial score (nSPS) is 15.2. The highest BCUT2D eigenvalue weighted by atomic mass is 16.2. The molecule has 0 radical (unpaired) electrons. The third kappa shape index (κ3) is 6.16. The molecule has 1 aromatic rings. The molecule has 1 saturated heterocycles. The molecule has 5 heteroatoms. The zero-order chi connectivity index (χ0) is 18.1. The van der Waals surface area contributed by atoms with Gasteiger partial charge >= 0.3 is 0 Å². The van der Waals surface area contributed by atoms with Crippen molar-refractivity contribution in [3.63, 3.8) is 0 Å². The Labute approximate surface area is 151 Å². The van der Waals surface area contributed by atoms with Crippen LogP contribution in [0, 0.1) is 6.92 Å². The van der Waals surface area contributed by atoms with Crippen LogP contribution >= 0.6 is 0 Å². The lowest BCUT2D eigenvalue weighted by Crippen LogP contribution is -2.46.